The maximum absolute atomic E-state index is 12.4. The summed E-state index contributed by atoms with van der Waals surface area (Å²) >= 11 is 5.94. The van der Waals surface area contributed by atoms with Gasteiger partial charge in [0.15, 0.2) is 5.69 Å². The fourth-order valence-electron chi connectivity index (χ4n) is 2.60. The fraction of sp³-hybridized carbons (Fsp3) is 0.333. The molecule has 7 nitrogen and oxygen atoms in total. The third-order valence-corrected chi connectivity index (χ3v) is 4.15. The average Bonchev–Trinajstić information content (AvgIpc) is 3.04. The van der Waals surface area contributed by atoms with Crippen LogP contribution in [0.3, 0.4) is 0 Å². The molecule has 1 aromatic carbocycles. The Bertz CT molecular complexity index is 738. The number of aliphatic carboxylic acids is 1. The zero-order valence-corrected chi connectivity index (χ0v) is 13.0. The van der Waals surface area contributed by atoms with E-state index in [0.29, 0.717) is 36.6 Å². The highest BCUT2D eigenvalue weighted by molar-refractivity contribution is 6.30. The number of hydrogen-bond donors (Lipinski definition) is 1. The van der Waals surface area contributed by atoms with Crippen LogP contribution in [0.25, 0.3) is 5.69 Å². The lowest BCUT2D eigenvalue weighted by Gasteiger charge is -2.29. The van der Waals surface area contributed by atoms with Gasteiger partial charge in [-0.25, -0.2) is 4.68 Å². The predicted octanol–water partition coefficient (Wildman–Crippen LogP) is 1.86. The first-order chi connectivity index (χ1) is 11.0. The maximum Gasteiger partial charge on any atom is 0.306 e. The van der Waals surface area contributed by atoms with Crippen molar-refractivity contribution in [1.29, 1.82) is 0 Å². The van der Waals surface area contributed by atoms with Crippen LogP contribution in [0.1, 0.15) is 23.3 Å². The van der Waals surface area contributed by atoms with Gasteiger partial charge in [0, 0.05) is 18.1 Å². The Morgan fingerprint density at radius 1 is 1.26 bits per heavy atom. The summed E-state index contributed by atoms with van der Waals surface area (Å²) in [7, 11) is 0. The highest BCUT2D eigenvalue weighted by Gasteiger charge is 2.28. The standard InChI is InChI=1S/C15H15ClN4O3/c16-11-2-1-3-12(8-11)20-9-13(17-18-20)14(21)19-6-4-10(5-7-19)15(22)23/h1-3,8-10H,4-7H2,(H,22,23). The fourth-order valence-corrected chi connectivity index (χ4v) is 2.78. The van der Waals surface area contributed by atoms with Gasteiger partial charge in [-0.05, 0) is 31.0 Å². The summed E-state index contributed by atoms with van der Waals surface area (Å²) in [5.41, 5.74) is 0.951. The SMILES string of the molecule is O=C(O)C1CCN(C(=O)c2cn(-c3cccc(Cl)c3)nn2)CC1. The van der Waals surface area contributed by atoms with Gasteiger partial charge in [0.2, 0.25) is 0 Å². The van der Waals surface area contributed by atoms with E-state index in [4.69, 9.17) is 16.7 Å². The van der Waals surface area contributed by atoms with Crippen LogP contribution in [0.4, 0.5) is 0 Å². The summed E-state index contributed by atoms with van der Waals surface area (Å²) < 4.78 is 1.49. The van der Waals surface area contributed by atoms with Crippen LogP contribution in [0.15, 0.2) is 30.5 Å². The lowest BCUT2D eigenvalue weighted by Crippen LogP contribution is -2.40. The number of hydrogen-bond acceptors (Lipinski definition) is 4. The van der Waals surface area contributed by atoms with Gasteiger partial charge >= 0.3 is 5.97 Å². The quantitative estimate of drug-likeness (QED) is 0.925. The molecule has 120 valence electrons. The third kappa shape index (κ3) is 3.34. The molecular weight excluding hydrogens is 320 g/mol. The summed E-state index contributed by atoms with van der Waals surface area (Å²) in [5.74, 6) is -1.41. The van der Waals surface area contributed by atoms with Crippen molar-refractivity contribution in [3.8, 4) is 5.69 Å². The molecule has 0 bridgehead atoms. The van der Waals surface area contributed by atoms with Crippen molar-refractivity contribution < 1.29 is 14.7 Å². The highest BCUT2D eigenvalue weighted by Crippen LogP contribution is 2.19. The first kappa shape index (κ1) is 15.5. The smallest absolute Gasteiger partial charge is 0.306 e. The number of piperidine rings is 1. The lowest BCUT2D eigenvalue weighted by molar-refractivity contribution is -0.143. The molecule has 0 atom stereocenters. The minimum atomic E-state index is -0.802. The molecular formula is C15H15ClN4O3. The van der Waals surface area contributed by atoms with E-state index in [1.807, 2.05) is 6.07 Å². The molecule has 1 aromatic heterocycles. The monoisotopic (exact) mass is 334 g/mol. The van der Waals surface area contributed by atoms with E-state index >= 15 is 0 Å². The maximum atomic E-state index is 12.4. The molecule has 0 spiro atoms. The van der Waals surface area contributed by atoms with Crippen LogP contribution < -0.4 is 0 Å². The van der Waals surface area contributed by atoms with E-state index in [1.54, 1.807) is 29.3 Å². The van der Waals surface area contributed by atoms with E-state index in [-0.39, 0.29) is 17.5 Å². The second kappa shape index (κ2) is 6.37. The van der Waals surface area contributed by atoms with Crippen molar-refractivity contribution in [3.05, 3.63) is 41.2 Å². The highest BCUT2D eigenvalue weighted by atomic mass is 35.5. The summed E-state index contributed by atoms with van der Waals surface area (Å²) in [6.45, 7) is 0.833. The second-order valence-corrected chi connectivity index (χ2v) is 5.87. The van der Waals surface area contributed by atoms with E-state index in [1.165, 1.54) is 4.68 Å². The van der Waals surface area contributed by atoms with Gasteiger partial charge in [-0.3, -0.25) is 9.59 Å². The van der Waals surface area contributed by atoms with Crippen LogP contribution >= 0.6 is 11.6 Å². The molecule has 1 aliphatic heterocycles. The van der Waals surface area contributed by atoms with Crippen LogP contribution in [0, 0.1) is 5.92 Å². The number of carbonyl (C=O) groups excluding carboxylic acids is 1. The number of carbonyl (C=O) groups is 2. The zero-order valence-electron chi connectivity index (χ0n) is 12.2. The average molecular weight is 335 g/mol. The summed E-state index contributed by atoms with van der Waals surface area (Å²) in [6.07, 6.45) is 2.48. The molecule has 1 fully saturated rings. The van der Waals surface area contributed by atoms with Gasteiger partial charge in [0.1, 0.15) is 0 Å². The van der Waals surface area contributed by atoms with Crippen molar-refractivity contribution in [1.82, 2.24) is 19.9 Å². The Morgan fingerprint density at radius 3 is 2.65 bits per heavy atom. The van der Waals surface area contributed by atoms with Gasteiger partial charge in [-0.1, -0.05) is 22.9 Å². The predicted molar refractivity (Wildman–Crippen MR) is 82.6 cm³/mol. The largest absolute Gasteiger partial charge is 0.481 e. The van der Waals surface area contributed by atoms with Crippen molar-refractivity contribution in [2.45, 2.75) is 12.8 Å². The van der Waals surface area contributed by atoms with Gasteiger partial charge in [-0.15, -0.1) is 5.10 Å². The van der Waals surface area contributed by atoms with E-state index in [0.717, 1.165) is 0 Å². The second-order valence-electron chi connectivity index (χ2n) is 5.43. The summed E-state index contributed by atoms with van der Waals surface area (Å²) in [4.78, 5) is 25.0. The van der Waals surface area contributed by atoms with Gasteiger partial charge in [0.25, 0.3) is 5.91 Å². The van der Waals surface area contributed by atoms with Crippen LogP contribution in [0.2, 0.25) is 5.02 Å². The molecule has 0 radical (unpaired) electrons. The van der Waals surface area contributed by atoms with Crippen LogP contribution in [0.5, 0.6) is 0 Å². The summed E-state index contributed by atoms with van der Waals surface area (Å²) in [5, 5.41) is 17.4. The number of aromatic nitrogens is 3. The van der Waals surface area contributed by atoms with Crippen LogP contribution in [-0.2, 0) is 4.79 Å². The van der Waals surface area contributed by atoms with Crippen LogP contribution in [-0.4, -0.2) is 50.0 Å². The topological polar surface area (TPSA) is 88.3 Å². The van der Waals surface area contributed by atoms with Crippen molar-refractivity contribution in [2.24, 2.45) is 5.92 Å². The Balaban J connectivity index is 1.71. The van der Waals surface area contributed by atoms with E-state index in [9.17, 15) is 9.59 Å². The Morgan fingerprint density at radius 2 is 2.00 bits per heavy atom. The molecule has 1 aliphatic rings. The number of carboxylic acids is 1. The number of nitrogens with zero attached hydrogens (tertiary/aromatic N) is 4. The Hall–Kier alpha value is -2.41. The van der Waals surface area contributed by atoms with Gasteiger partial charge < -0.3 is 10.0 Å². The molecule has 0 aliphatic carbocycles. The van der Waals surface area contributed by atoms with Gasteiger partial charge in [-0.2, -0.15) is 0 Å². The van der Waals surface area contributed by atoms with Crippen molar-refractivity contribution in [3.63, 3.8) is 0 Å². The minimum Gasteiger partial charge on any atom is -0.481 e. The minimum absolute atomic E-state index is 0.234. The Labute approximate surface area is 137 Å². The normalized spacial score (nSPS) is 15.6. The summed E-state index contributed by atoms with van der Waals surface area (Å²) in [6, 6.07) is 7.08. The first-order valence-electron chi connectivity index (χ1n) is 7.25. The number of carboxylic acid groups (broad SMARTS) is 1. The molecule has 1 N–H and O–H groups in total. The molecule has 0 unspecified atom stereocenters. The molecule has 2 heterocycles. The molecule has 2 aromatic rings. The van der Waals surface area contributed by atoms with E-state index in [2.05, 4.69) is 10.3 Å². The molecule has 8 heteroatoms. The number of halogens is 1. The number of amides is 1. The van der Waals surface area contributed by atoms with Crippen molar-refractivity contribution in [2.75, 3.05) is 13.1 Å². The molecule has 0 saturated carbocycles. The van der Waals surface area contributed by atoms with E-state index < -0.39 is 5.97 Å². The number of likely N-dealkylation sites (tertiary alicyclic amines) is 1. The Kier molecular flexibility index (Phi) is 4.29. The first-order valence-corrected chi connectivity index (χ1v) is 7.63. The van der Waals surface area contributed by atoms with Gasteiger partial charge in [0.05, 0.1) is 17.8 Å². The third-order valence-electron chi connectivity index (χ3n) is 3.92. The molecule has 3 rings (SSSR count). The molecule has 23 heavy (non-hydrogen) atoms. The zero-order chi connectivity index (χ0) is 16.4. The molecule has 1 amide bonds. The number of benzene rings is 1. The van der Waals surface area contributed by atoms with Crippen molar-refractivity contribution >= 4 is 23.5 Å². The number of rotatable bonds is 3. The molecule has 1 saturated heterocycles. The lowest BCUT2D eigenvalue weighted by atomic mass is 9.97.